The van der Waals surface area contributed by atoms with Gasteiger partial charge >= 0.3 is 0 Å². The monoisotopic (exact) mass is 352 g/mol. The second kappa shape index (κ2) is 6.51. The molecule has 0 radical (unpaired) electrons. The van der Waals surface area contributed by atoms with Gasteiger partial charge in [0.1, 0.15) is 0 Å². The molecule has 1 fully saturated rings. The van der Waals surface area contributed by atoms with E-state index >= 15 is 0 Å². The van der Waals surface area contributed by atoms with Crippen LogP contribution in [0.15, 0.2) is 30.6 Å². The van der Waals surface area contributed by atoms with Crippen LogP contribution in [0.4, 0.5) is 0 Å². The van der Waals surface area contributed by atoms with Crippen LogP contribution in [-0.2, 0) is 0 Å². The van der Waals surface area contributed by atoms with Gasteiger partial charge in [-0.2, -0.15) is 5.10 Å². The summed E-state index contributed by atoms with van der Waals surface area (Å²) in [6, 6.07) is 5.59. The third kappa shape index (κ3) is 3.22. The Balaban J connectivity index is 1.85. The molecule has 2 heterocycles. The van der Waals surface area contributed by atoms with Gasteiger partial charge in [-0.3, -0.25) is 4.79 Å². The van der Waals surface area contributed by atoms with Gasteiger partial charge in [-0.1, -0.05) is 23.2 Å². The summed E-state index contributed by atoms with van der Waals surface area (Å²) in [7, 11) is 0. The first-order valence-electron chi connectivity index (χ1n) is 7.52. The van der Waals surface area contributed by atoms with Crippen molar-refractivity contribution in [2.75, 3.05) is 13.1 Å². The Hall–Kier alpha value is -1.56. The van der Waals surface area contributed by atoms with E-state index < -0.39 is 0 Å². The molecular formula is C16H18Cl2N4O. The van der Waals surface area contributed by atoms with Gasteiger partial charge in [0.25, 0.3) is 5.91 Å². The number of aromatic nitrogens is 2. The maximum absolute atomic E-state index is 12.7. The van der Waals surface area contributed by atoms with Crippen LogP contribution in [0.25, 0.3) is 5.69 Å². The zero-order valence-corrected chi connectivity index (χ0v) is 14.5. The highest BCUT2D eigenvalue weighted by Crippen LogP contribution is 2.24. The second-order valence-corrected chi connectivity index (χ2v) is 6.59. The van der Waals surface area contributed by atoms with Gasteiger partial charge in [0.05, 0.1) is 22.5 Å². The highest BCUT2D eigenvalue weighted by molar-refractivity contribution is 6.35. The van der Waals surface area contributed by atoms with Crippen LogP contribution in [-0.4, -0.2) is 45.8 Å². The highest BCUT2D eigenvalue weighted by Gasteiger charge is 2.29. The Bertz CT molecular complexity index is 731. The van der Waals surface area contributed by atoms with E-state index in [2.05, 4.69) is 24.3 Å². The minimum Gasteiger partial charge on any atom is -0.333 e. The summed E-state index contributed by atoms with van der Waals surface area (Å²) in [6.45, 7) is 5.63. The molecule has 3 rings (SSSR count). The summed E-state index contributed by atoms with van der Waals surface area (Å²) in [5, 5.41) is 8.68. The van der Waals surface area contributed by atoms with Crippen LogP contribution < -0.4 is 5.32 Å². The molecule has 1 aliphatic rings. The number of amides is 1. The summed E-state index contributed by atoms with van der Waals surface area (Å²) in [5.74, 6) is -0.0119. The molecule has 5 nitrogen and oxygen atoms in total. The van der Waals surface area contributed by atoms with Gasteiger partial charge < -0.3 is 10.2 Å². The van der Waals surface area contributed by atoms with Crippen LogP contribution in [0, 0.1) is 0 Å². The SMILES string of the molecule is CC1NCCN(C(=O)c2cnn(-c3ccc(Cl)cc3Cl)c2)C1C. The fourth-order valence-electron chi connectivity index (χ4n) is 2.74. The maximum atomic E-state index is 12.7. The quantitative estimate of drug-likeness (QED) is 0.903. The summed E-state index contributed by atoms with van der Waals surface area (Å²) >= 11 is 12.1. The van der Waals surface area contributed by atoms with Crippen molar-refractivity contribution in [3.05, 3.63) is 46.2 Å². The van der Waals surface area contributed by atoms with E-state index in [1.54, 1.807) is 35.3 Å². The number of hydrogen-bond acceptors (Lipinski definition) is 3. The lowest BCUT2D eigenvalue weighted by Crippen LogP contribution is -2.57. The molecule has 2 aromatic rings. The van der Waals surface area contributed by atoms with E-state index in [1.165, 1.54) is 0 Å². The molecular weight excluding hydrogens is 335 g/mol. The van der Waals surface area contributed by atoms with E-state index in [9.17, 15) is 4.79 Å². The number of benzene rings is 1. The van der Waals surface area contributed by atoms with Crippen molar-refractivity contribution < 1.29 is 4.79 Å². The number of halogens is 2. The van der Waals surface area contributed by atoms with Gasteiger partial charge in [-0.25, -0.2) is 4.68 Å². The fourth-order valence-corrected chi connectivity index (χ4v) is 3.24. The first-order valence-corrected chi connectivity index (χ1v) is 8.27. The second-order valence-electron chi connectivity index (χ2n) is 5.75. The molecule has 23 heavy (non-hydrogen) atoms. The van der Waals surface area contributed by atoms with E-state index in [4.69, 9.17) is 23.2 Å². The van der Waals surface area contributed by atoms with Crippen LogP contribution in [0.1, 0.15) is 24.2 Å². The molecule has 122 valence electrons. The zero-order valence-electron chi connectivity index (χ0n) is 13.0. The number of hydrogen-bond donors (Lipinski definition) is 1. The van der Waals surface area contributed by atoms with Crippen molar-refractivity contribution in [1.82, 2.24) is 20.0 Å². The van der Waals surface area contributed by atoms with Crippen molar-refractivity contribution in [2.24, 2.45) is 0 Å². The zero-order chi connectivity index (χ0) is 16.6. The molecule has 2 unspecified atom stereocenters. The average molecular weight is 353 g/mol. The van der Waals surface area contributed by atoms with E-state index in [1.807, 2.05) is 4.90 Å². The van der Waals surface area contributed by atoms with Crippen LogP contribution in [0.2, 0.25) is 10.0 Å². The Kier molecular flexibility index (Phi) is 4.62. The predicted molar refractivity (Wildman–Crippen MR) is 91.5 cm³/mol. The lowest BCUT2D eigenvalue weighted by Gasteiger charge is -2.38. The Morgan fingerprint density at radius 2 is 2.13 bits per heavy atom. The fraction of sp³-hybridized carbons (Fsp3) is 0.375. The van der Waals surface area contributed by atoms with Crippen LogP contribution in [0.5, 0.6) is 0 Å². The maximum Gasteiger partial charge on any atom is 0.257 e. The normalized spacial score (nSPS) is 21.5. The molecule has 2 atom stereocenters. The molecule has 1 N–H and O–H groups in total. The lowest BCUT2D eigenvalue weighted by atomic mass is 10.1. The Morgan fingerprint density at radius 3 is 2.87 bits per heavy atom. The third-order valence-electron chi connectivity index (χ3n) is 4.28. The van der Waals surface area contributed by atoms with Crippen LogP contribution in [0.3, 0.4) is 0 Å². The summed E-state index contributed by atoms with van der Waals surface area (Å²) in [4.78, 5) is 14.6. The predicted octanol–water partition coefficient (Wildman–Crippen LogP) is 3.00. The standard InChI is InChI=1S/C16H18Cl2N4O/c1-10-11(2)21(6-5-19-10)16(23)12-8-20-22(9-12)15-4-3-13(17)7-14(15)18/h3-4,7-11,19H,5-6H2,1-2H3. The molecule has 1 aromatic carbocycles. The number of piperazine rings is 1. The lowest BCUT2D eigenvalue weighted by molar-refractivity contribution is 0.0603. The number of nitrogens with zero attached hydrogens (tertiary/aromatic N) is 3. The molecule has 0 saturated carbocycles. The minimum atomic E-state index is -0.0119. The van der Waals surface area contributed by atoms with Crippen molar-refractivity contribution >= 4 is 29.1 Å². The molecule has 1 saturated heterocycles. The molecule has 1 amide bonds. The summed E-state index contributed by atoms with van der Waals surface area (Å²) < 4.78 is 1.60. The molecule has 7 heteroatoms. The summed E-state index contributed by atoms with van der Waals surface area (Å²) in [6.07, 6.45) is 3.28. The van der Waals surface area contributed by atoms with E-state index in [0.29, 0.717) is 27.8 Å². The largest absolute Gasteiger partial charge is 0.333 e. The molecule has 0 bridgehead atoms. The van der Waals surface area contributed by atoms with Crippen molar-refractivity contribution in [2.45, 2.75) is 25.9 Å². The van der Waals surface area contributed by atoms with Crippen LogP contribution >= 0.6 is 23.2 Å². The number of nitrogens with one attached hydrogen (secondary N) is 1. The minimum absolute atomic E-state index is 0.0119. The summed E-state index contributed by atoms with van der Waals surface area (Å²) in [5.41, 5.74) is 1.24. The van der Waals surface area contributed by atoms with Crippen molar-refractivity contribution in [1.29, 1.82) is 0 Å². The highest BCUT2D eigenvalue weighted by atomic mass is 35.5. The Morgan fingerprint density at radius 1 is 1.35 bits per heavy atom. The molecule has 0 spiro atoms. The van der Waals surface area contributed by atoms with Crippen molar-refractivity contribution in [3.8, 4) is 5.69 Å². The van der Waals surface area contributed by atoms with Gasteiger partial charge in [0.2, 0.25) is 0 Å². The molecule has 1 aromatic heterocycles. The van der Waals surface area contributed by atoms with Gasteiger partial charge in [-0.05, 0) is 32.0 Å². The topological polar surface area (TPSA) is 50.2 Å². The van der Waals surface area contributed by atoms with Gasteiger partial charge in [-0.15, -0.1) is 0 Å². The van der Waals surface area contributed by atoms with Gasteiger partial charge in [0.15, 0.2) is 0 Å². The molecule has 1 aliphatic heterocycles. The number of carbonyl (C=O) groups is 1. The molecule has 0 aliphatic carbocycles. The first kappa shape index (κ1) is 16.3. The first-order chi connectivity index (χ1) is 11.0. The van der Waals surface area contributed by atoms with E-state index in [-0.39, 0.29) is 18.0 Å². The smallest absolute Gasteiger partial charge is 0.257 e. The number of carbonyl (C=O) groups excluding carboxylic acids is 1. The van der Waals surface area contributed by atoms with E-state index in [0.717, 1.165) is 6.54 Å². The Labute approximate surface area is 145 Å². The third-order valence-corrected chi connectivity index (χ3v) is 4.82. The average Bonchev–Trinajstić information content (AvgIpc) is 2.99. The van der Waals surface area contributed by atoms with Gasteiger partial charge in [0, 0.05) is 36.4 Å². The number of rotatable bonds is 2. The van der Waals surface area contributed by atoms with Crippen molar-refractivity contribution in [3.63, 3.8) is 0 Å².